The minimum absolute atomic E-state index is 0.178. The molecular formula is C15H14N2O2. The highest BCUT2D eigenvalue weighted by Gasteiger charge is 2.27. The number of amides is 1. The number of nitrogens with two attached hydrogens (primary N) is 1. The molecule has 1 amide bonds. The van der Waals surface area contributed by atoms with Gasteiger partial charge in [0.2, 0.25) is 5.91 Å². The van der Waals surface area contributed by atoms with E-state index in [1.807, 2.05) is 43.3 Å². The Morgan fingerprint density at radius 3 is 2.74 bits per heavy atom. The molecule has 1 aliphatic rings. The van der Waals surface area contributed by atoms with Crippen molar-refractivity contribution in [2.75, 3.05) is 5.32 Å². The first kappa shape index (κ1) is 11.7. The molecule has 2 aromatic rings. The average Bonchev–Trinajstić information content (AvgIpc) is 2.65. The van der Waals surface area contributed by atoms with Gasteiger partial charge >= 0.3 is 0 Å². The lowest BCUT2D eigenvalue weighted by Crippen LogP contribution is -2.19. The smallest absolute Gasteiger partial charge is 0.245 e. The zero-order valence-corrected chi connectivity index (χ0v) is 10.5. The monoisotopic (exact) mass is 254 g/mol. The van der Waals surface area contributed by atoms with Crippen molar-refractivity contribution in [3.63, 3.8) is 0 Å². The second-order valence-corrected chi connectivity index (χ2v) is 4.63. The molecule has 3 rings (SSSR count). The van der Waals surface area contributed by atoms with E-state index in [1.165, 1.54) is 0 Å². The molecule has 1 aliphatic heterocycles. The number of hydrogen-bond acceptors (Lipinski definition) is 3. The van der Waals surface area contributed by atoms with E-state index in [1.54, 1.807) is 6.07 Å². The first-order chi connectivity index (χ1) is 9.13. The fourth-order valence-electron chi connectivity index (χ4n) is 2.14. The summed E-state index contributed by atoms with van der Waals surface area (Å²) in [7, 11) is 0. The second-order valence-electron chi connectivity index (χ2n) is 4.63. The van der Waals surface area contributed by atoms with Crippen molar-refractivity contribution in [3.05, 3.63) is 53.6 Å². The molecule has 1 unspecified atom stereocenters. The Kier molecular flexibility index (Phi) is 2.72. The number of benzene rings is 2. The fourth-order valence-corrected chi connectivity index (χ4v) is 2.14. The van der Waals surface area contributed by atoms with Crippen LogP contribution in [-0.2, 0) is 4.79 Å². The van der Waals surface area contributed by atoms with E-state index in [0.717, 1.165) is 22.6 Å². The Hall–Kier alpha value is -2.33. The van der Waals surface area contributed by atoms with Gasteiger partial charge in [0.15, 0.2) is 0 Å². The lowest BCUT2D eigenvalue weighted by Gasteiger charge is -2.08. The molecule has 0 fully saturated rings. The molecule has 0 aliphatic carbocycles. The minimum Gasteiger partial charge on any atom is -0.457 e. The van der Waals surface area contributed by atoms with Gasteiger partial charge in [-0.05, 0) is 30.7 Å². The normalized spacial score (nSPS) is 16.9. The van der Waals surface area contributed by atoms with E-state index in [2.05, 4.69) is 5.32 Å². The van der Waals surface area contributed by atoms with Gasteiger partial charge < -0.3 is 15.8 Å². The molecule has 4 nitrogen and oxygen atoms in total. The van der Waals surface area contributed by atoms with E-state index in [0.29, 0.717) is 5.75 Å². The topological polar surface area (TPSA) is 64.3 Å². The van der Waals surface area contributed by atoms with E-state index in [4.69, 9.17) is 10.5 Å². The van der Waals surface area contributed by atoms with Crippen LogP contribution in [0.4, 0.5) is 5.69 Å². The summed E-state index contributed by atoms with van der Waals surface area (Å²) in [6.45, 7) is 2.01. The highest BCUT2D eigenvalue weighted by molar-refractivity contribution is 6.02. The van der Waals surface area contributed by atoms with Gasteiger partial charge in [0.1, 0.15) is 17.5 Å². The number of carbonyl (C=O) groups is 1. The predicted octanol–water partition coefficient (Wildman–Crippen LogP) is 2.74. The molecule has 0 spiro atoms. The molecule has 3 N–H and O–H groups in total. The van der Waals surface area contributed by atoms with Crippen molar-refractivity contribution >= 4 is 11.6 Å². The number of ether oxygens (including phenoxy) is 1. The molecule has 96 valence electrons. The summed E-state index contributed by atoms with van der Waals surface area (Å²) in [5.41, 5.74) is 8.42. The number of hydrogen-bond donors (Lipinski definition) is 2. The fraction of sp³-hybridized carbons (Fsp3) is 0.133. The Morgan fingerprint density at radius 2 is 1.95 bits per heavy atom. The first-order valence-corrected chi connectivity index (χ1v) is 6.08. The summed E-state index contributed by atoms with van der Waals surface area (Å²) in [4.78, 5) is 11.5. The van der Waals surface area contributed by atoms with E-state index in [-0.39, 0.29) is 5.91 Å². The van der Waals surface area contributed by atoms with Gasteiger partial charge in [0.25, 0.3) is 0 Å². The van der Waals surface area contributed by atoms with Crippen molar-refractivity contribution in [3.8, 4) is 11.5 Å². The number of anilines is 1. The molecule has 0 saturated carbocycles. The van der Waals surface area contributed by atoms with Crippen LogP contribution < -0.4 is 15.8 Å². The molecule has 4 heteroatoms. The third-order valence-corrected chi connectivity index (χ3v) is 3.13. The van der Waals surface area contributed by atoms with Crippen LogP contribution in [-0.4, -0.2) is 5.91 Å². The van der Waals surface area contributed by atoms with Gasteiger partial charge in [-0.3, -0.25) is 4.79 Å². The SMILES string of the molecule is Cc1cccc(Oc2ccc3c(c2)NC(=O)C3N)c1. The van der Waals surface area contributed by atoms with E-state index >= 15 is 0 Å². The van der Waals surface area contributed by atoms with Crippen LogP contribution in [0, 0.1) is 6.92 Å². The van der Waals surface area contributed by atoms with Crippen LogP contribution in [0.25, 0.3) is 0 Å². The minimum atomic E-state index is -0.581. The third-order valence-electron chi connectivity index (χ3n) is 3.13. The predicted molar refractivity (Wildman–Crippen MR) is 73.3 cm³/mol. The Bertz CT molecular complexity index is 652. The molecule has 1 atom stereocenters. The molecule has 0 saturated heterocycles. The number of carbonyl (C=O) groups excluding carboxylic acids is 1. The summed E-state index contributed by atoms with van der Waals surface area (Å²) >= 11 is 0. The molecular weight excluding hydrogens is 240 g/mol. The molecule has 1 heterocycles. The van der Waals surface area contributed by atoms with Gasteiger partial charge in [-0.2, -0.15) is 0 Å². The second kappa shape index (κ2) is 4.40. The zero-order valence-electron chi connectivity index (χ0n) is 10.5. The van der Waals surface area contributed by atoms with Gasteiger partial charge in [0.05, 0.1) is 0 Å². The summed E-state index contributed by atoms with van der Waals surface area (Å²) in [6, 6.07) is 12.7. The summed E-state index contributed by atoms with van der Waals surface area (Å²) in [6.07, 6.45) is 0. The first-order valence-electron chi connectivity index (χ1n) is 6.08. The van der Waals surface area contributed by atoms with Crippen LogP contribution in [0.1, 0.15) is 17.2 Å². The molecule has 2 aromatic carbocycles. The van der Waals surface area contributed by atoms with E-state index < -0.39 is 6.04 Å². The highest BCUT2D eigenvalue weighted by Crippen LogP contribution is 2.34. The number of aryl methyl sites for hydroxylation is 1. The van der Waals surface area contributed by atoms with Gasteiger partial charge in [-0.15, -0.1) is 0 Å². The van der Waals surface area contributed by atoms with Crippen molar-refractivity contribution < 1.29 is 9.53 Å². The van der Waals surface area contributed by atoms with Crippen LogP contribution in [0.5, 0.6) is 11.5 Å². The largest absolute Gasteiger partial charge is 0.457 e. The summed E-state index contributed by atoms with van der Waals surface area (Å²) < 4.78 is 5.76. The Labute approximate surface area is 111 Å². The van der Waals surface area contributed by atoms with Crippen molar-refractivity contribution in [2.24, 2.45) is 5.73 Å². The van der Waals surface area contributed by atoms with Crippen molar-refractivity contribution in [2.45, 2.75) is 13.0 Å². The highest BCUT2D eigenvalue weighted by atomic mass is 16.5. The number of nitrogens with one attached hydrogen (secondary N) is 1. The van der Waals surface area contributed by atoms with Crippen LogP contribution in [0.15, 0.2) is 42.5 Å². The van der Waals surface area contributed by atoms with Crippen LogP contribution in [0.3, 0.4) is 0 Å². The number of rotatable bonds is 2. The number of fused-ring (bicyclic) bond motifs is 1. The molecule has 19 heavy (non-hydrogen) atoms. The summed E-state index contributed by atoms with van der Waals surface area (Å²) in [5.74, 6) is 1.27. The van der Waals surface area contributed by atoms with Crippen LogP contribution >= 0.6 is 0 Å². The standard InChI is InChI=1S/C15H14N2O2/c1-9-3-2-4-10(7-9)19-11-5-6-12-13(8-11)17-15(18)14(12)16/h2-8,14H,16H2,1H3,(H,17,18). The maximum atomic E-state index is 11.5. The maximum Gasteiger partial charge on any atom is 0.245 e. The maximum absolute atomic E-state index is 11.5. The van der Waals surface area contributed by atoms with Gasteiger partial charge in [-0.25, -0.2) is 0 Å². The Balaban J connectivity index is 1.88. The summed E-state index contributed by atoms with van der Waals surface area (Å²) in [5, 5.41) is 2.74. The molecule has 0 aromatic heterocycles. The molecule has 0 bridgehead atoms. The Morgan fingerprint density at radius 1 is 1.16 bits per heavy atom. The third kappa shape index (κ3) is 2.18. The van der Waals surface area contributed by atoms with Gasteiger partial charge in [-0.1, -0.05) is 18.2 Å². The zero-order chi connectivity index (χ0) is 13.4. The average molecular weight is 254 g/mol. The van der Waals surface area contributed by atoms with E-state index in [9.17, 15) is 4.79 Å². The lowest BCUT2D eigenvalue weighted by molar-refractivity contribution is -0.116. The van der Waals surface area contributed by atoms with Crippen LogP contribution in [0.2, 0.25) is 0 Å². The quantitative estimate of drug-likeness (QED) is 0.866. The molecule has 0 radical (unpaired) electrons. The van der Waals surface area contributed by atoms with Crippen molar-refractivity contribution in [1.29, 1.82) is 0 Å². The van der Waals surface area contributed by atoms with Crippen molar-refractivity contribution in [1.82, 2.24) is 0 Å². The van der Waals surface area contributed by atoms with Gasteiger partial charge in [0, 0.05) is 17.3 Å². The lowest BCUT2D eigenvalue weighted by atomic mass is 10.1.